The lowest BCUT2D eigenvalue weighted by Gasteiger charge is -2.03. The number of rotatable bonds is 18. The third-order valence-corrected chi connectivity index (χ3v) is 5.28. The van der Waals surface area contributed by atoms with Gasteiger partial charge in [-0.05, 0) is 24.1 Å². The van der Waals surface area contributed by atoms with Crippen molar-refractivity contribution < 1.29 is 18.4 Å². The molecule has 0 aliphatic carbocycles. The highest BCUT2D eigenvalue weighted by molar-refractivity contribution is 5.80. The molecule has 0 atom stereocenters. The number of halogens is 2. The standard InChI is InChI=1S/C25H39F2NO2/c1-2-3-4-5-6-7-8-9-10-11-12-13-14-15-16-17-25(29)30-28-21-22-18-19-23(26)24(27)20-22/h18-21H,2-17H2,1H3/b28-21-. The number of carbonyl (C=O) groups is 1. The number of hydrogen-bond acceptors (Lipinski definition) is 3. The van der Waals surface area contributed by atoms with Crippen LogP contribution in [0.3, 0.4) is 0 Å². The Morgan fingerprint density at radius 1 is 0.800 bits per heavy atom. The molecule has 1 aromatic rings. The van der Waals surface area contributed by atoms with Gasteiger partial charge in [-0.15, -0.1) is 0 Å². The lowest BCUT2D eigenvalue weighted by Crippen LogP contribution is -2.00. The van der Waals surface area contributed by atoms with Crippen LogP contribution >= 0.6 is 0 Å². The van der Waals surface area contributed by atoms with Gasteiger partial charge in [0.2, 0.25) is 0 Å². The average Bonchev–Trinajstić information content (AvgIpc) is 2.73. The minimum absolute atomic E-state index is 0.327. The van der Waals surface area contributed by atoms with E-state index in [2.05, 4.69) is 12.1 Å². The summed E-state index contributed by atoms with van der Waals surface area (Å²) < 4.78 is 25.9. The Morgan fingerprint density at radius 2 is 1.30 bits per heavy atom. The molecule has 0 unspecified atom stereocenters. The number of unbranched alkanes of at least 4 members (excludes halogenated alkanes) is 14. The van der Waals surface area contributed by atoms with Gasteiger partial charge in [0, 0.05) is 6.42 Å². The van der Waals surface area contributed by atoms with Crippen molar-refractivity contribution in [1.82, 2.24) is 0 Å². The zero-order chi connectivity index (χ0) is 21.9. The third kappa shape index (κ3) is 14.2. The van der Waals surface area contributed by atoms with Crippen LogP contribution in [0, 0.1) is 11.6 Å². The predicted molar refractivity (Wildman–Crippen MR) is 120 cm³/mol. The highest BCUT2D eigenvalue weighted by Crippen LogP contribution is 2.14. The number of benzene rings is 1. The molecule has 0 saturated carbocycles. The molecule has 1 rings (SSSR count). The zero-order valence-corrected chi connectivity index (χ0v) is 18.6. The highest BCUT2D eigenvalue weighted by atomic mass is 19.2. The van der Waals surface area contributed by atoms with Crippen LogP contribution in [0.25, 0.3) is 0 Å². The highest BCUT2D eigenvalue weighted by Gasteiger charge is 2.03. The molecule has 0 aromatic heterocycles. The van der Waals surface area contributed by atoms with Gasteiger partial charge < -0.3 is 4.84 Å². The first kappa shape index (κ1) is 26.3. The fraction of sp³-hybridized carbons (Fsp3) is 0.680. The summed E-state index contributed by atoms with van der Waals surface area (Å²) >= 11 is 0. The molecule has 30 heavy (non-hydrogen) atoms. The molecule has 0 N–H and O–H groups in total. The minimum atomic E-state index is -0.955. The Labute approximate surface area is 181 Å². The van der Waals surface area contributed by atoms with E-state index in [0.717, 1.165) is 31.4 Å². The summed E-state index contributed by atoms with van der Waals surface area (Å²) in [5, 5.41) is 3.54. The van der Waals surface area contributed by atoms with E-state index in [1.165, 1.54) is 89.3 Å². The molecular formula is C25H39F2NO2. The van der Waals surface area contributed by atoms with E-state index in [1.54, 1.807) is 0 Å². The van der Waals surface area contributed by atoms with Gasteiger partial charge in [0.05, 0.1) is 6.21 Å². The van der Waals surface area contributed by atoms with E-state index in [9.17, 15) is 13.6 Å². The second kappa shape index (κ2) is 18.0. The quantitative estimate of drug-likeness (QED) is 0.103. The summed E-state index contributed by atoms with van der Waals surface area (Å²) in [7, 11) is 0. The number of carbonyl (C=O) groups excluding carboxylic acids is 1. The molecule has 0 bridgehead atoms. The van der Waals surface area contributed by atoms with Crippen LogP contribution in [0.15, 0.2) is 23.4 Å². The number of nitrogens with zero attached hydrogens (tertiary/aromatic N) is 1. The van der Waals surface area contributed by atoms with Crippen LogP contribution in [0.1, 0.15) is 115 Å². The van der Waals surface area contributed by atoms with Crippen LogP contribution in [0.4, 0.5) is 8.78 Å². The summed E-state index contributed by atoms with van der Waals surface area (Å²) in [6.07, 6.45) is 20.7. The molecule has 0 radical (unpaired) electrons. The smallest absolute Gasteiger partial charge is 0.318 e. The van der Waals surface area contributed by atoms with Gasteiger partial charge in [-0.3, -0.25) is 0 Å². The van der Waals surface area contributed by atoms with Crippen molar-refractivity contribution in [2.45, 2.75) is 110 Å². The van der Waals surface area contributed by atoms with Crippen molar-refractivity contribution in [3.63, 3.8) is 0 Å². The van der Waals surface area contributed by atoms with Crippen LogP contribution in [0.2, 0.25) is 0 Å². The van der Waals surface area contributed by atoms with Crippen molar-refractivity contribution in [3.8, 4) is 0 Å². The molecule has 0 aliphatic heterocycles. The second-order valence-electron chi connectivity index (χ2n) is 8.07. The molecule has 0 amide bonds. The zero-order valence-electron chi connectivity index (χ0n) is 18.6. The van der Waals surface area contributed by atoms with Gasteiger partial charge in [0.1, 0.15) is 0 Å². The lowest BCUT2D eigenvalue weighted by molar-refractivity contribution is -0.143. The van der Waals surface area contributed by atoms with E-state index in [1.807, 2.05) is 0 Å². The summed E-state index contributed by atoms with van der Waals surface area (Å²) in [5.74, 6) is -2.27. The molecule has 0 saturated heterocycles. The summed E-state index contributed by atoms with van der Waals surface area (Å²) in [6, 6.07) is 3.37. The van der Waals surface area contributed by atoms with Gasteiger partial charge in [-0.25, -0.2) is 13.6 Å². The molecule has 0 spiro atoms. The minimum Gasteiger partial charge on any atom is -0.318 e. The van der Waals surface area contributed by atoms with Crippen molar-refractivity contribution in [2.75, 3.05) is 0 Å². The van der Waals surface area contributed by atoms with E-state index in [0.29, 0.717) is 12.0 Å². The molecule has 0 heterocycles. The van der Waals surface area contributed by atoms with Gasteiger partial charge in [0.25, 0.3) is 0 Å². The largest absolute Gasteiger partial charge is 0.335 e. The Hall–Kier alpha value is -1.78. The van der Waals surface area contributed by atoms with Gasteiger partial charge in [0.15, 0.2) is 11.6 Å². The summed E-state index contributed by atoms with van der Waals surface area (Å²) in [4.78, 5) is 16.4. The molecule has 0 aliphatic rings. The van der Waals surface area contributed by atoms with Gasteiger partial charge in [-0.2, -0.15) is 0 Å². The normalized spacial score (nSPS) is 11.3. The van der Waals surface area contributed by atoms with Crippen molar-refractivity contribution in [3.05, 3.63) is 35.4 Å². The molecule has 0 fully saturated rings. The van der Waals surface area contributed by atoms with Crippen LogP contribution in [-0.2, 0) is 9.63 Å². The fourth-order valence-electron chi connectivity index (χ4n) is 3.42. The summed E-state index contributed by atoms with van der Waals surface area (Å²) in [6.45, 7) is 2.26. The average molecular weight is 424 g/mol. The van der Waals surface area contributed by atoms with Crippen molar-refractivity contribution in [1.29, 1.82) is 0 Å². The first-order chi connectivity index (χ1) is 14.6. The maximum absolute atomic E-state index is 13.1. The maximum Gasteiger partial charge on any atom is 0.335 e. The molecule has 1 aromatic carbocycles. The van der Waals surface area contributed by atoms with Crippen LogP contribution in [0.5, 0.6) is 0 Å². The van der Waals surface area contributed by atoms with Gasteiger partial charge in [-0.1, -0.05) is 108 Å². The van der Waals surface area contributed by atoms with E-state index < -0.39 is 17.6 Å². The summed E-state index contributed by atoms with van der Waals surface area (Å²) in [5.41, 5.74) is 0.341. The lowest BCUT2D eigenvalue weighted by atomic mass is 10.0. The first-order valence-corrected chi connectivity index (χ1v) is 11.8. The Bertz CT molecular complexity index is 605. The molecule has 5 heteroatoms. The number of hydrogen-bond donors (Lipinski definition) is 0. The predicted octanol–water partition coefficient (Wildman–Crippen LogP) is 8.10. The topological polar surface area (TPSA) is 38.7 Å². The van der Waals surface area contributed by atoms with E-state index in [-0.39, 0.29) is 0 Å². The first-order valence-electron chi connectivity index (χ1n) is 11.8. The maximum atomic E-state index is 13.1. The Morgan fingerprint density at radius 3 is 1.80 bits per heavy atom. The monoisotopic (exact) mass is 423 g/mol. The van der Waals surface area contributed by atoms with Crippen molar-refractivity contribution >= 4 is 12.2 Å². The van der Waals surface area contributed by atoms with Crippen LogP contribution < -0.4 is 0 Å². The Balaban J connectivity index is 1.88. The van der Waals surface area contributed by atoms with Crippen molar-refractivity contribution in [2.24, 2.45) is 5.16 Å². The Kier molecular flexibility index (Phi) is 15.8. The second-order valence-corrected chi connectivity index (χ2v) is 8.07. The molecular weight excluding hydrogens is 384 g/mol. The SMILES string of the molecule is CCCCCCCCCCCCCCCCCC(=O)O/N=C\c1ccc(F)c(F)c1. The van der Waals surface area contributed by atoms with Crippen LogP contribution in [-0.4, -0.2) is 12.2 Å². The third-order valence-electron chi connectivity index (χ3n) is 5.28. The molecule has 3 nitrogen and oxygen atoms in total. The van der Waals surface area contributed by atoms with Gasteiger partial charge >= 0.3 is 5.97 Å². The number of oxime groups is 1. The van der Waals surface area contributed by atoms with E-state index in [4.69, 9.17) is 4.84 Å². The molecule has 170 valence electrons. The fourth-order valence-corrected chi connectivity index (χ4v) is 3.42. The van der Waals surface area contributed by atoms with E-state index >= 15 is 0 Å².